The molecule has 0 saturated heterocycles. The van der Waals surface area contributed by atoms with Crippen LogP contribution in [0.4, 0.5) is 5.69 Å². The smallest absolute Gasteiger partial charge is 0.335 e. The fourth-order valence-corrected chi connectivity index (χ4v) is 2.56. The van der Waals surface area contributed by atoms with E-state index in [0.717, 1.165) is 23.2 Å². The maximum Gasteiger partial charge on any atom is 0.335 e. The van der Waals surface area contributed by atoms with Crippen LogP contribution in [-0.4, -0.2) is 23.0 Å². The van der Waals surface area contributed by atoms with Gasteiger partial charge in [-0.3, -0.25) is 4.79 Å². The molecule has 5 nitrogen and oxygen atoms in total. The van der Waals surface area contributed by atoms with E-state index >= 15 is 0 Å². The average Bonchev–Trinajstić information content (AvgIpc) is 2.60. The Bertz CT molecular complexity index is 726. The van der Waals surface area contributed by atoms with Crippen molar-refractivity contribution in [2.24, 2.45) is 0 Å². The van der Waals surface area contributed by atoms with Crippen molar-refractivity contribution < 1.29 is 14.7 Å². The minimum absolute atomic E-state index is 0.00735. The summed E-state index contributed by atoms with van der Waals surface area (Å²) in [5.41, 5.74) is 3.24. The Balaban J connectivity index is 1.82. The Morgan fingerprint density at radius 2 is 1.76 bits per heavy atom. The zero-order valence-electron chi connectivity index (χ0n) is 14.6. The number of aryl methyl sites for hydroxylation is 1. The van der Waals surface area contributed by atoms with Crippen molar-refractivity contribution in [2.45, 2.75) is 39.3 Å². The first-order valence-electron chi connectivity index (χ1n) is 8.43. The number of hydrogen-bond acceptors (Lipinski definition) is 3. The zero-order valence-corrected chi connectivity index (χ0v) is 14.6. The second-order valence-electron chi connectivity index (χ2n) is 6.05. The maximum atomic E-state index is 12.2. The van der Waals surface area contributed by atoms with Gasteiger partial charge in [0.15, 0.2) is 0 Å². The molecular weight excluding hydrogens is 316 g/mol. The molecule has 0 saturated carbocycles. The number of aromatic carboxylic acids is 1. The standard InChI is InChI=1S/C20H24N2O3/c1-3-16-6-4-5-7-18(16)22-19(23)12-14(2)21-13-15-8-10-17(11-9-15)20(24)25/h4-11,14,21H,3,12-13H2,1-2H3,(H,22,23)(H,24,25). The third-order valence-corrected chi connectivity index (χ3v) is 4.02. The summed E-state index contributed by atoms with van der Waals surface area (Å²) in [4.78, 5) is 23.0. The summed E-state index contributed by atoms with van der Waals surface area (Å²) in [6, 6.07) is 14.5. The van der Waals surface area contributed by atoms with E-state index in [1.807, 2.05) is 31.2 Å². The lowest BCUT2D eigenvalue weighted by Gasteiger charge is -2.15. The summed E-state index contributed by atoms with van der Waals surface area (Å²) in [5, 5.41) is 15.1. The number of anilines is 1. The average molecular weight is 340 g/mol. The number of carbonyl (C=O) groups is 2. The van der Waals surface area contributed by atoms with Gasteiger partial charge in [0.25, 0.3) is 0 Å². The number of nitrogens with one attached hydrogen (secondary N) is 2. The highest BCUT2D eigenvalue weighted by Crippen LogP contribution is 2.15. The van der Waals surface area contributed by atoms with Gasteiger partial charge in [-0.15, -0.1) is 0 Å². The topological polar surface area (TPSA) is 78.4 Å². The van der Waals surface area contributed by atoms with Gasteiger partial charge in [0.05, 0.1) is 5.56 Å². The molecule has 0 aromatic heterocycles. The number of carboxylic acids is 1. The van der Waals surface area contributed by atoms with E-state index in [1.54, 1.807) is 24.3 Å². The molecule has 25 heavy (non-hydrogen) atoms. The van der Waals surface area contributed by atoms with E-state index in [4.69, 9.17) is 5.11 Å². The molecule has 1 unspecified atom stereocenters. The van der Waals surface area contributed by atoms with Crippen LogP contribution in [0.15, 0.2) is 48.5 Å². The van der Waals surface area contributed by atoms with Gasteiger partial charge in [-0.1, -0.05) is 37.3 Å². The Morgan fingerprint density at radius 1 is 1.08 bits per heavy atom. The molecule has 1 atom stereocenters. The second kappa shape index (κ2) is 8.99. The lowest BCUT2D eigenvalue weighted by Crippen LogP contribution is -2.30. The van der Waals surface area contributed by atoms with Crippen molar-refractivity contribution in [2.75, 3.05) is 5.32 Å². The molecule has 2 aromatic rings. The van der Waals surface area contributed by atoms with Crippen LogP contribution >= 0.6 is 0 Å². The van der Waals surface area contributed by atoms with Crippen molar-refractivity contribution >= 4 is 17.6 Å². The number of para-hydroxylation sites is 1. The van der Waals surface area contributed by atoms with Crippen molar-refractivity contribution in [1.29, 1.82) is 0 Å². The van der Waals surface area contributed by atoms with Gasteiger partial charge in [-0.25, -0.2) is 4.79 Å². The Kier molecular flexibility index (Phi) is 6.71. The van der Waals surface area contributed by atoms with E-state index in [-0.39, 0.29) is 17.5 Å². The van der Waals surface area contributed by atoms with Crippen LogP contribution in [0, 0.1) is 0 Å². The molecule has 2 rings (SSSR count). The van der Waals surface area contributed by atoms with Crippen LogP contribution in [-0.2, 0) is 17.8 Å². The highest BCUT2D eigenvalue weighted by atomic mass is 16.4. The van der Waals surface area contributed by atoms with Crippen molar-refractivity contribution in [3.05, 3.63) is 65.2 Å². The third kappa shape index (κ3) is 5.72. The third-order valence-electron chi connectivity index (χ3n) is 4.02. The molecular formula is C20H24N2O3. The Hall–Kier alpha value is -2.66. The normalized spacial score (nSPS) is 11.8. The molecule has 2 aromatic carbocycles. The molecule has 132 valence electrons. The Morgan fingerprint density at radius 3 is 2.40 bits per heavy atom. The molecule has 0 spiro atoms. The van der Waals surface area contributed by atoms with E-state index < -0.39 is 5.97 Å². The van der Waals surface area contributed by atoms with Gasteiger partial charge >= 0.3 is 5.97 Å². The van der Waals surface area contributed by atoms with Gasteiger partial charge in [-0.05, 0) is 42.7 Å². The lowest BCUT2D eigenvalue weighted by atomic mass is 10.1. The SMILES string of the molecule is CCc1ccccc1NC(=O)CC(C)NCc1ccc(C(=O)O)cc1. The molecule has 0 aliphatic rings. The second-order valence-corrected chi connectivity index (χ2v) is 6.05. The van der Waals surface area contributed by atoms with Crippen LogP contribution in [0.2, 0.25) is 0 Å². The van der Waals surface area contributed by atoms with E-state index in [2.05, 4.69) is 17.6 Å². The summed E-state index contributed by atoms with van der Waals surface area (Å²) < 4.78 is 0. The first-order valence-corrected chi connectivity index (χ1v) is 8.43. The minimum atomic E-state index is -0.933. The molecule has 0 fully saturated rings. The number of rotatable bonds is 8. The van der Waals surface area contributed by atoms with E-state index in [1.165, 1.54) is 0 Å². The highest BCUT2D eigenvalue weighted by molar-refractivity contribution is 5.91. The fraction of sp³-hybridized carbons (Fsp3) is 0.300. The predicted molar refractivity (Wildman–Crippen MR) is 98.8 cm³/mol. The lowest BCUT2D eigenvalue weighted by molar-refractivity contribution is -0.116. The number of amides is 1. The fourth-order valence-electron chi connectivity index (χ4n) is 2.56. The summed E-state index contributed by atoms with van der Waals surface area (Å²) in [6.45, 7) is 4.60. The van der Waals surface area contributed by atoms with Gasteiger partial charge in [-0.2, -0.15) is 0 Å². The van der Waals surface area contributed by atoms with Crippen molar-refractivity contribution in [3.8, 4) is 0 Å². The number of carbonyl (C=O) groups excluding carboxylic acids is 1. The molecule has 3 N–H and O–H groups in total. The molecule has 1 amide bonds. The van der Waals surface area contributed by atoms with Crippen LogP contribution in [0.5, 0.6) is 0 Å². The maximum absolute atomic E-state index is 12.2. The van der Waals surface area contributed by atoms with Crippen LogP contribution in [0.1, 0.15) is 41.8 Å². The molecule has 5 heteroatoms. The summed E-state index contributed by atoms with van der Waals surface area (Å²) in [7, 11) is 0. The minimum Gasteiger partial charge on any atom is -0.478 e. The van der Waals surface area contributed by atoms with Crippen LogP contribution < -0.4 is 10.6 Å². The van der Waals surface area contributed by atoms with Gasteiger partial charge in [0, 0.05) is 24.7 Å². The van der Waals surface area contributed by atoms with Crippen LogP contribution in [0.25, 0.3) is 0 Å². The predicted octanol–water partition coefficient (Wildman–Crippen LogP) is 3.45. The summed E-state index contributed by atoms with van der Waals surface area (Å²) >= 11 is 0. The van der Waals surface area contributed by atoms with Gasteiger partial charge < -0.3 is 15.7 Å². The Labute approximate surface area is 148 Å². The van der Waals surface area contributed by atoms with Crippen molar-refractivity contribution in [3.63, 3.8) is 0 Å². The molecule has 0 aliphatic heterocycles. The summed E-state index contributed by atoms with van der Waals surface area (Å²) in [5.74, 6) is -0.959. The van der Waals surface area contributed by atoms with Crippen LogP contribution in [0.3, 0.4) is 0 Å². The number of carboxylic acid groups (broad SMARTS) is 1. The monoisotopic (exact) mass is 340 g/mol. The van der Waals surface area contributed by atoms with Gasteiger partial charge in [0.1, 0.15) is 0 Å². The quantitative estimate of drug-likeness (QED) is 0.688. The molecule has 0 bridgehead atoms. The van der Waals surface area contributed by atoms with Crippen molar-refractivity contribution in [1.82, 2.24) is 5.32 Å². The highest BCUT2D eigenvalue weighted by Gasteiger charge is 2.11. The molecule has 0 aliphatic carbocycles. The summed E-state index contributed by atoms with van der Waals surface area (Å²) in [6.07, 6.45) is 1.24. The first kappa shape index (κ1) is 18.7. The van der Waals surface area contributed by atoms with E-state index in [0.29, 0.717) is 13.0 Å². The zero-order chi connectivity index (χ0) is 18.2. The largest absolute Gasteiger partial charge is 0.478 e. The number of benzene rings is 2. The molecule has 0 radical (unpaired) electrons. The number of hydrogen-bond donors (Lipinski definition) is 3. The van der Waals surface area contributed by atoms with Gasteiger partial charge in [0.2, 0.25) is 5.91 Å². The first-order chi connectivity index (χ1) is 12.0. The molecule has 0 heterocycles. The van der Waals surface area contributed by atoms with E-state index in [9.17, 15) is 9.59 Å².